The van der Waals surface area contributed by atoms with Crippen molar-refractivity contribution in [1.29, 1.82) is 0 Å². The van der Waals surface area contributed by atoms with Crippen molar-refractivity contribution in [3.05, 3.63) is 46.8 Å². The SMILES string of the molecule is C[C@H](CCNC(=O)Cn1c(-c2cccs2)cc2cc(Cl)ccc21)N1CCCC1. The van der Waals surface area contributed by atoms with E-state index in [2.05, 4.69) is 39.2 Å². The maximum Gasteiger partial charge on any atom is 0.239 e. The molecule has 0 spiro atoms. The van der Waals surface area contributed by atoms with Crippen molar-refractivity contribution in [2.75, 3.05) is 19.6 Å². The normalized spacial score (nSPS) is 15.9. The van der Waals surface area contributed by atoms with Gasteiger partial charge in [-0.25, -0.2) is 0 Å². The Morgan fingerprint density at radius 1 is 1.25 bits per heavy atom. The number of hydrogen-bond donors (Lipinski definition) is 1. The van der Waals surface area contributed by atoms with Crippen LogP contribution in [0.25, 0.3) is 21.5 Å². The first-order valence-corrected chi connectivity index (χ1v) is 11.2. The third-order valence-corrected chi connectivity index (χ3v) is 6.71. The average Bonchev–Trinajstić information content (AvgIpc) is 3.43. The van der Waals surface area contributed by atoms with Gasteiger partial charge in [-0.2, -0.15) is 0 Å². The highest BCUT2D eigenvalue weighted by Crippen LogP contribution is 2.32. The van der Waals surface area contributed by atoms with Gasteiger partial charge in [0.05, 0.1) is 10.6 Å². The van der Waals surface area contributed by atoms with Crippen LogP contribution in [0.3, 0.4) is 0 Å². The van der Waals surface area contributed by atoms with Crippen molar-refractivity contribution < 1.29 is 4.79 Å². The second kappa shape index (κ2) is 8.68. The zero-order chi connectivity index (χ0) is 19.5. The fourth-order valence-electron chi connectivity index (χ4n) is 4.03. The molecule has 1 amide bonds. The van der Waals surface area contributed by atoms with Crippen LogP contribution in [0.15, 0.2) is 41.8 Å². The summed E-state index contributed by atoms with van der Waals surface area (Å²) in [6.45, 7) is 5.68. The van der Waals surface area contributed by atoms with E-state index in [0.29, 0.717) is 17.6 Å². The fraction of sp³-hybridized carbons (Fsp3) is 0.409. The molecule has 1 atom stereocenters. The molecule has 28 heavy (non-hydrogen) atoms. The molecule has 1 fully saturated rings. The largest absolute Gasteiger partial charge is 0.354 e. The van der Waals surface area contributed by atoms with Crippen LogP contribution in [-0.4, -0.2) is 41.1 Å². The molecular weight excluding hydrogens is 390 g/mol. The first kappa shape index (κ1) is 19.5. The molecule has 3 aromatic rings. The lowest BCUT2D eigenvalue weighted by Gasteiger charge is -2.23. The van der Waals surface area contributed by atoms with Crippen molar-refractivity contribution in [1.82, 2.24) is 14.8 Å². The molecule has 1 aliphatic rings. The van der Waals surface area contributed by atoms with Gasteiger partial charge in [0.15, 0.2) is 0 Å². The summed E-state index contributed by atoms with van der Waals surface area (Å²) < 4.78 is 2.09. The zero-order valence-electron chi connectivity index (χ0n) is 16.2. The van der Waals surface area contributed by atoms with Crippen LogP contribution in [0, 0.1) is 0 Å². The van der Waals surface area contributed by atoms with Gasteiger partial charge in [-0.15, -0.1) is 11.3 Å². The molecule has 3 heterocycles. The number of benzene rings is 1. The molecule has 6 heteroatoms. The molecule has 1 aromatic carbocycles. The van der Waals surface area contributed by atoms with Gasteiger partial charge in [0.25, 0.3) is 0 Å². The number of likely N-dealkylation sites (tertiary alicyclic amines) is 1. The number of halogens is 1. The van der Waals surface area contributed by atoms with Crippen molar-refractivity contribution in [2.24, 2.45) is 0 Å². The number of amides is 1. The molecule has 1 N–H and O–H groups in total. The van der Waals surface area contributed by atoms with Crippen LogP contribution < -0.4 is 5.32 Å². The van der Waals surface area contributed by atoms with E-state index in [-0.39, 0.29) is 5.91 Å². The van der Waals surface area contributed by atoms with Crippen LogP contribution in [-0.2, 0) is 11.3 Å². The van der Waals surface area contributed by atoms with Crippen molar-refractivity contribution >= 4 is 39.7 Å². The number of hydrogen-bond acceptors (Lipinski definition) is 3. The number of thiophene rings is 1. The summed E-state index contributed by atoms with van der Waals surface area (Å²) in [7, 11) is 0. The maximum atomic E-state index is 12.7. The highest BCUT2D eigenvalue weighted by Gasteiger charge is 2.18. The monoisotopic (exact) mass is 415 g/mol. The van der Waals surface area contributed by atoms with E-state index >= 15 is 0 Å². The maximum absolute atomic E-state index is 12.7. The predicted octanol–water partition coefficient (Wildman–Crippen LogP) is 5.01. The molecule has 0 unspecified atom stereocenters. The Kier molecular flexibility index (Phi) is 6.04. The number of carbonyl (C=O) groups is 1. The molecule has 0 bridgehead atoms. The topological polar surface area (TPSA) is 37.3 Å². The van der Waals surface area contributed by atoms with Gasteiger partial charge in [0.1, 0.15) is 6.54 Å². The van der Waals surface area contributed by atoms with Crippen molar-refractivity contribution in [2.45, 2.75) is 38.8 Å². The Morgan fingerprint density at radius 3 is 2.82 bits per heavy atom. The Labute approximate surface area is 175 Å². The van der Waals surface area contributed by atoms with Crippen LogP contribution in [0.4, 0.5) is 0 Å². The number of carbonyl (C=O) groups excluding carboxylic acids is 1. The third-order valence-electron chi connectivity index (χ3n) is 5.59. The average molecular weight is 416 g/mol. The van der Waals surface area contributed by atoms with E-state index in [1.165, 1.54) is 25.9 Å². The van der Waals surface area contributed by atoms with Gasteiger partial charge in [0, 0.05) is 28.5 Å². The second-order valence-electron chi connectivity index (χ2n) is 7.53. The highest BCUT2D eigenvalue weighted by atomic mass is 35.5. The standard InChI is InChI=1S/C22H26ClN3OS/c1-16(25-10-2-3-11-25)8-9-24-22(27)15-26-19-7-6-18(23)13-17(19)14-20(26)21-5-4-12-28-21/h4-7,12-14,16H,2-3,8-11,15H2,1H3,(H,24,27)/t16-/m1/s1. The van der Waals surface area contributed by atoms with Gasteiger partial charge in [0.2, 0.25) is 5.91 Å². The van der Waals surface area contributed by atoms with Crippen molar-refractivity contribution in [3.63, 3.8) is 0 Å². The number of rotatable bonds is 7. The molecule has 4 nitrogen and oxygen atoms in total. The van der Waals surface area contributed by atoms with E-state index in [1.807, 2.05) is 24.3 Å². The molecule has 4 rings (SSSR count). The van der Waals surface area contributed by atoms with Gasteiger partial charge >= 0.3 is 0 Å². The molecule has 0 radical (unpaired) electrons. The minimum Gasteiger partial charge on any atom is -0.354 e. The summed E-state index contributed by atoms with van der Waals surface area (Å²) in [4.78, 5) is 16.4. The van der Waals surface area contributed by atoms with Crippen molar-refractivity contribution in [3.8, 4) is 10.6 Å². The summed E-state index contributed by atoms with van der Waals surface area (Å²) in [5.41, 5.74) is 2.10. The summed E-state index contributed by atoms with van der Waals surface area (Å²) in [6, 6.07) is 12.6. The van der Waals surface area contributed by atoms with E-state index in [0.717, 1.165) is 34.4 Å². The first-order valence-electron chi connectivity index (χ1n) is 9.95. The number of aromatic nitrogens is 1. The predicted molar refractivity (Wildman–Crippen MR) is 118 cm³/mol. The van der Waals surface area contributed by atoms with Gasteiger partial charge < -0.3 is 14.8 Å². The molecule has 1 saturated heterocycles. The molecule has 2 aromatic heterocycles. The molecule has 1 aliphatic heterocycles. The Bertz CT molecular complexity index is 944. The van der Waals surface area contributed by atoms with Gasteiger partial charge in [-0.05, 0) is 75.0 Å². The van der Waals surface area contributed by atoms with Crippen LogP contribution in [0.1, 0.15) is 26.2 Å². The quantitative estimate of drug-likeness (QED) is 0.588. The van der Waals surface area contributed by atoms with Gasteiger partial charge in [-0.1, -0.05) is 17.7 Å². The van der Waals surface area contributed by atoms with Crippen LogP contribution in [0.2, 0.25) is 5.02 Å². The lowest BCUT2D eigenvalue weighted by molar-refractivity contribution is -0.121. The minimum absolute atomic E-state index is 0.0545. The molecular formula is C22H26ClN3OS. The number of nitrogens with one attached hydrogen (secondary N) is 1. The lowest BCUT2D eigenvalue weighted by Crippen LogP contribution is -2.35. The summed E-state index contributed by atoms with van der Waals surface area (Å²) in [5, 5.41) is 6.95. The summed E-state index contributed by atoms with van der Waals surface area (Å²) in [5.74, 6) is 0.0545. The Morgan fingerprint density at radius 2 is 2.07 bits per heavy atom. The van der Waals surface area contributed by atoms with Gasteiger partial charge in [-0.3, -0.25) is 4.79 Å². The lowest BCUT2D eigenvalue weighted by atomic mass is 10.2. The van der Waals surface area contributed by atoms with Crippen LogP contribution in [0.5, 0.6) is 0 Å². The minimum atomic E-state index is 0.0545. The van der Waals surface area contributed by atoms with E-state index in [1.54, 1.807) is 11.3 Å². The Hall–Kier alpha value is -1.82. The Balaban J connectivity index is 1.46. The van der Waals surface area contributed by atoms with Crippen LogP contribution >= 0.6 is 22.9 Å². The van der Waals surface area contributed by atoms with E-state index in [4.69, 9.17) is 11.6 Å². The third kappa shape index (κ3) is 4.27. The van der Waals surface area contributed by atoms with E-state index < -0.39 is 0 Å². The number of fused-ring (bicyclic) bond motifs is 1. The number of nitrogens with zero attached hydrogens (tertiary/aromatic N) is 2. The molecule has 148 valence electrons. The van der Waals surface area contributed by atoms with E-state index in [9.17, 15) is 4.79 Å². The first-order chi connectivity index (χ1) is 13.6. The zero-order valence-corrected chi connectivity index (χ0v) is 17.7. The molecule has 0 saturated carbocycles. The molecule has 0 aliphatic carbocycles. The summed E-state index contributed by atoms with van der Waals surface area (Å²) in [6.07, 6.45) is 3.59. The smallest absolute Gasteiger partial charge is 0.239 e. The highest BCUT2D eigenvalue weighted by molar-refractivity contribution is 7.13. The summed E-state index contributed by atoms with van der Waals surface area (Å²) >= 11 is 7.85. The second-order valence-corrected chi connectivity index (χ2v) is 8.91. The fourth-order valence-corrected chi connectivity index (χ4v) is 4.96.